The standard InChI is InChI=1S/C17H25N3O/c1-5-10-21-14-9-7-8-13(11-14)16-17(18)20(12(3)4)15(6-2)19-16/h7-9,11-12H,5-6,10,18H2,1-4H3. The van der Waals surface area contributed by atoms with Crippen LogP contribution in [0.2, 0.25) is 0 Å². The zero-order valence-corrected chi connectivity index (χ0v) is 13.4. The SMILES string of the molecule is CCCOc1cccc(-c2nc(CC)n(C(C)C)c2N)c1. The number of ether oxygens (including phenoxy) is 1. The number of anilines is 1. The van der Waals surface area contributed by atoms with Crippen LogP contribution in [0.4, 0.5) is 5.82 Å². The first-order chi connectivity index (χ1) is 10.1. The summed E-state index contributed by atoms with van der Waals surface area (Å²) in [5.74, 6) is 2.62. The van der Waals surface area contributed by atoms with E-state index in [-0.39, 0.29) is 0 Å². The van der Waals surface area contributed by atoms with Crippen LogP contribution in [0.1, 0.15) is 46.0 Å². The summed E-state index contributed by atoms with van der Waals surface area (Å²) in [6.45, 7) is 9.17. The Balaban J connectivity index is 2.42. The number of hydrogen-bond donors (Lipinski definition) is 1. The van der Waals surface area contributed by atoms with Gasteiger partial charge in [-0.05, 0) is 32.4 Å². The van der Waals surface area contributed by atoms with Crippen molar-refractivity contribution in [2.75, 3.05) is 12.3 Å². The van der Waals surface area contributed by atoms with Crippen LogP contribution < -0.4 is 10.5 Å². The van der Waals surface area contributed by atoms with E-state index in [2.05, 4.69) is 32.3 Å². The molecule has 0 aliphatic heterocycles. The number of aryl methyl sites for hydroxylation is 1. The number of rotatable bonds is 6. The molecule has 0 spiro atoms. The maximum atomic E-state index is 6.32. The molecule has 1 heterocycles. The van der Waals surface area contributed by atoms with Crippen molar-refractivity contribution < 1.29 is 4.74 Å². The highest BCUT2D eigenvalue weighted by atomic mass is 16.5. The second kappa shape index (κ2) is 6.66. The fraction of sp³-hybridized carbons (Fsp3) is 0.471. The van der Waals surface area contributed by atoms with Crippen LogP contribution in [-0.2, 0) is 6.42 Å². The van der Waals surface area contributed by atoms with Crippen LogP contribution >= 0.6 is 0 Å². The molecule has 1 aromatic heterocycles. The predicted octanol–water partition coefficient (Wildman–Crippen LogP) is 4.06. The van der Waals surface area contributed by atoms with Crippen LogP contribution in [0.25, 0.3) is 11.3 Å². The molecule has 4 heteroatoms. The Bertz CT molecular complexity index is 602. The van der Waals surface area contributed by atoms with Crippen LogP contribution in [0.3, 0.4) is 0 Å². The van der Waals surface area contributed by atoms with Gasteiger partial charge in [-0.15, -0.1) is 0 Å². The van der Waals surface area contributed by atoms with Crippen LogP contribution in [0, 0.1) is 0 Å². The Morgan fingerprint density at radius 1 is 1.29 bits per heavy atom. The number of nitrogen functional groups attached to an aromatic ring is 1. The van der Waals surface area contributed by atoms with Gasteiger partial charge >= 0.3 is 0 Å². The van der Waals surface area contributed by atoms with Crippen molar-refractivity contribution in [2.24, 2.45) is 0 Å². The topological polar surface area (TPSA) is 53.1 Å². The van der Waals surface area contributed by atoms with Crippen molar-refractivity contribution >= 4 is 5.82 Å². The van der Waals surface area contributed by atoms with Crippen molar-refractivity contribution in [3.05, 3.63) is 30.1 Å². The van der Waals surface area contributed by atoms with E-state index in [1.807, 2.05) is 24.3 Å². The minimum Gasteiger partial charge on any atom is -0.494 e. The van der Waals surface area contributed by atoms with E-state index >= 15 is 0 Å². The second-order valence-corrected chi connectivity index (χ2v) is 5.46. The minimum atomic E-state index is 0.306. The first-order valence-corrected chi connectivity index (χ1v) is 7.68. The van der Waals surface area contributed by atoms with Crippen molar-refractivity contribution in [2.45, 2.75) is 46.6 Å². The van der Waals surface area contributed by atoms with Gasteiger partial charge in [0.05, 0.1) is 6.61 Å². The van der Waals surface area contributed by atoms with Gasteiger partial charge in [-0.3, -0.25) is 0 Å². The lowest BCUT2D eigenvalue weighted by Gasteiger charge is -2.12. The van der Waals surface area contributed by atoms with Gasteiger partial charge in [0, 0.05) is 18.0 Å². The molecule has 0 aliphatic carbocycles. The molecule has 0 saturated heterocycles. The molecule has 21 heavy (non-hydrogen) atoms. The lowest BCUT2D eigenvalue weighted by atomic mass is 10.1. The number of aromatic nitrogens is 2. The van der Waals surface area contributed by atoms with E-state index in [1.54, 1.807) is 0 Å². The van der Waals surface area contributed by atoms with Crippen LogP contribution in [0.15, 0.2) is 24.3 Å². The molecular weight excluding hydrogens is 262 g/mol. The van der Waals surface area contributed by atoms with Crippen molar-refractivity contribution in [1.29, 1.82) is 0 Å². The average Bonchev–Trinajstić information content (AvgIpc) is 2.82. The Hall–Kier alpha value is -1.97. The largest absolute Gasteiger partial charge is 0.494 e. The van der Waals surface area contributed by atoms with E-state index in [4.69, 9.17) is 15.5 Å². The third kappa shape index (κ3) is 3.20. The Kier molecular flexibility index (Phi) is 4.89. The molecule has 1 aromatic carbocycles. The summed E-state index contributed by atoms with van der Waals surface area (Å²) in [6.07, 6.45) is 1.86. The highest BCUT2D eigenvalue weighted by molar-refractivity contribution is 5.72. The summed E-state index contributed by atoms with van der Waals surface area (Å²) in [5, 5.41) is 0. The molecule has 2 aromatic rings. The summed E-state index contributed by atoms with van der Waals surface area (Å²) in [5.41, 5.74) is 8.18. The van der Waals surface area contributed by atoms with Crippen molar-refractivity contribution in [1.82, 2.24) is 9.55 Å². The number of nitrogens with two attached hydrogens (primary N) is 1. The summed E-state index contributed by atoms with van der Waals surface area (Å²) in [7, 11) is 0. The molecule has 0 fully saturated rings. The third-order valence-electron chi connectivity index (χ3n) is 3.43. The lowest BCUT2D eigenvalue weighted by Crippen LogP contribution is -2.08. The fourth-order valence-corrected chi connectivity index (χ4v) is 2.48. The summed E-state index contributed by atoms with van der Waals surface area (Å²) >= 11 is 0. The second-order valence-electron chi connectivity index (χ2n) is 5.46. The Morgan fingerprint density at radius 2 is 2.05 bits per heavy atom. The van der Waals surface area contributed by atoms with E-state index in [0.717, 1.165) is 48.1 Å². The maximum absolute atomic E-state index is 6.32. The molecule has 0 saturated carbocycles. The van der Waals surface area contributed by atoms with E-state index in [9.17, 15) is 0 Å². The molecule has 0 radical (unpaired) electrons. The molecule has 0 atom stereocenters. The smallest absolute Gasteiger partial charge is 0.131 e. The van der Waals surface area contributed by atoms with Crippen LogP contribution in [0.5, 0.6) is 5.75 Å². The average molecular weight is 287 g/mol. The molecule has 4 nitrogen and oxygen atoms in total. The van der Waals surface area contributed by atoms with Gasteiger partial charge in [0.1, 0.15) is 23.1 Å². The van der Waals surface area contributed by atoms with E-state index in [0.29, 0.717) is 6.04 Å². The zero-order chi connectivity index (χ0) is 15.4. The molecule has 0 bridgehead atoms. The minimum absolute atomic E-state index is 0.306. The lowest BCUT2D eigenvalue weighted by molar-refractivity contribution is 0.317. The highest BCUT2D eigenvalue weighted by Crippen LogP contribution is 2.31. The Labute approximate surface area is 127 Å². The maximum Gasteiger partial charge on any atom is 0.131 e. The van der Waals surface area contributed by atoms with E-state index in [1.165, 1.54) is 0 Å². The van der Waals surface area contributed by atoms with Gasteiger partial charge in [-0.1, -0.05) is 26.0 Å². The number of hydrogen-bond acceptors (Lipinski definition) is 3. The first-order valence-electron chi connectivity index (χ1n) is 7.68. The number of benzene rings is 1. The van der Waals surface area contributed by atoms with Gasteiger partial charge in [0.2, 0.25) is 0 Å². The molecular formula is C17H25N3O. The monoisotopic (exact) mass is 287 g/mol. The van der Waals surface area contributed by atoms with E-state index < -0.39 is 0 Å². The summed E-state index contributed by atoms with van der Waals surface area (Å²) in [6, 6.07) is 8.30. The molecule has 0 unspecified atom stereocenters. The predicted molar refractivity (Wildman–Crippen MR) is 87.6 cm³/mol. The third-order valence-corrected chi connectivity index (χ3v) is 3.43. The van der Waals surface area contributed by atoms with Crippen molar-refractivity contribution in [3.8, 4) is 17.0 Å². The highest BCUT2D eigenvalue weighted by Gasteiger charge is 2.17. The normalized spacial score (nSPS) is 11.1. The van der Waals surface area contributed by atoms with Gasteiger partial charge in [0.25, 0.3) is 0 Å². The number of imidazole rings is 1. The first kappa shape index (κ1) is 15.4. The van der Waals surface area contributed by atoms with Gasteiger partial charge in [0.15, 0.2) is 0 Å². The fourth-order valence-electron chi connectivity index (χ4n) is 2.48. The van der Waals surface area contributed by atoms with Crippen LogP contribution in [-0.4, -0.2) is 16.2 Å². The molecule has 0 amide bonds. The van der Waals surface area contributed by atoms with Gasteiger partial charge < -0.3 is 15.0 Å². The summed E-state index contributed by atoms with van der Waals surface area (Å²) < 4.78 is 7.80. The molecule has 0 aliphatic rings. The quantitative estimate of drug-likeness (QED) is 0.871. The van der Waals surface area contributed by atoms with Gasteiger partial charge in [-0.2, -0.15) is 0 Å². The Morgan fingerprint density at radius 3 is 2.62 bits per heavy atom. The zero-order valence-electron chi connectivity index (χ0n) is 13.4. The molecule has 114 valence electrons. The summed E-state index contributed by atoms with van der Waals surface area (Å²) in [4.78, 5) is 4.72. The molecule has 2 N–H and O–H groups in total. The van der Waals surface area contributed by atoms with Crippen molar-refractivity contribution in [3.63, 3.8) is 0 Å². The molecule has 2 rings (SSSR count). The number of nitrogens with zero attached hydrogens (tertiary/aromatic N) is 2. The van der Waals surface area contributed by atoms with Gasteiger partial charge in [-0.25, -0.2) is 4.98 Å².